The molecule has 1 aromatic heterocycles. The molecular weight excluding hydrogens is 310 g/mol. The topological polar surface area (TPSA) is 57.5 Å². The van der Waals surface area contributed by atoms with Crippen molar-refractivity contribution in [2.75, 3.05) is 6.54 Å². The summed E-state index contributed by atoms with van der Waals surface area (Å²) in [6.45, 7) is 2.94. The molecule has 2 N–H and O–H groups in total. The molecule has 0 bridgehead atoms. The van der Waals surface area contributed by atoms with Crippen LogP contribution in [-0.4, -0.2) is 16.9 Å². The summed E-state index contributed by atoms with van der Waals surface area (Å²) in [5.74, 6) is 1.49. The van der Waals surface area contributed by atoms with Gasteiger partial charge in [0.15, 0.2) is 0 Å². The molecule has 0 radical (unpaired) electrons. The number of amides is 1. The van der Waals surface area contributed by atoms with Crippen LogP contribution in [0.2, 0.25) is 5.02 Å². The van der Waals surface area contributed by atoms with E-state index in [0.717, 1.165) is 17.1 Å². The molecule has 5 nitrogen and oxygen atoms in total. The molecular formula is C14H16ClN3O2S. The van der Waals surface area contributed by atoms with Crippen LogP contribution in [0.15, 0.2) is 40.8 Å². The highest BCUT2D eigenvalue weighted by Gasteiger charge is 2.08. The highest BCUT2D eigenvalue weighted by atomic mass is 35.5. The predicted molar refractivity (Wildman–Crippen MR) is 85.9 cm³/mol. The summed E-state index contributed by atoms with van der Waals surface area (Å²) in [4.78, 5) is 10.9. The molecule has 0 atom stereocenters. The maximum Gasteiger partial charge on any atom is 0.291 e. The van der Waals surface area contributed by atoms with E-state index in [1.54, 1.807) is 0 Å². The molecule has 0 saturated heterocycles. The Labute approximate surface area is 133 Å². The Morgan fingerprint density at radius 2 is 2.19 bits per heavy atom. The fraction of sp³-hybridized carbons (Fsp3) is 0.214. The number of thiol groups is 1. The molecule has 21 heavy (non-hydrogen) atoms. The number of hydrogen-bond donors (Lipinski definition) is 3. The average molecular weight is 326 g/mol. The van der Waals surface area contributed by atoms with Gasteiger partial charge in [-0.25, -0.2) is 5.43 Å². The van der Waals surface area contributed by atoms with Crippen LogP contribution in [0, 0.1) is 0 Å². The normalized spacial score (nSPS) is 10.9. The van der Waals surface area contributed by atoms with Gasteiger partial charge in [-0.3, -0.25) is 10.2 Å². The highest BCUT2D eigenvalue weighted by molar-refractivity contribution is 7.96. The zero-order valence-corrected chi connectivity index (χ0v) is 13.1. The SMILES string of the molecule is CCN(NCc1ccc(-c2cccc(Cl)c2)o1)NC(=O)S. The van der Waals surface area contributed by atoms with Gasteiger partial charge in [-0.1, -0.05) is 36.4 Å². The Hall–Kier alpha value is -1.47. The average Bonchev–Trinajstić information content (AvgIpc) is 2.92. The van der Waals surface area contributed by atoms with Crippen molar-refractivity contribution in [2.24, 2.45) is 0 Å². The molecule has 1 amide bonds. The molecule has 0 unspecified atom stereocenters. The second kappa shape index (κ2) is 7.51. The minimum Gasteiger partial charge on any atom is -0.460 e. The quantitative estimate of drug-likeness (QED) is 0.562. The van der Waals surface area contributed by atoms with Crippen LogP contribution in [0.5, 0.6) is 0 Å². The van der Waals surface area contributed by atoms with E-state index in [9.17, 15) is 4.79 Å². The Balaban J connectivity index is 1.98. The second-order valence-electron chi connectivity index (χ2n) is 4.27. The van der Waals surface area contributed by atoms with Gasteiger partial charge < -0.3 is 4.42 Å². The van der Waals surface area contributed by atoms with Crippen LogP contribution in [0.4, 0.5) is 4.79 Å². The largest absolute Gasteiger partial charge is 0.460 e. The summed E-state index contributed by atoms with van der Waals surface area (Å²) in [6, 6.07) is 11.2. The smallest absolute Gasteiger partial charge is 0.291 e. The Morgan fingerprint density at radius 3 is 2.86 bits per heavy atom. The van der Waals surface area contributed by atoms with Crippen LogP contribution >= 0.6 is 24.2 Å². The maximum atomic E-state index is 10.9. The summed E-state index contributed by atoms with van der Waals surface area (Å²) in [5, 5.41) is 1.78. The summed E-state index contributed by atoms with van der Waals surface area (Å²) >= 11 is 9.63. The first-order valence-electron chi connectivity index (χ1n) is 6.43. The molecule has 1 aromatic carbocycles. The van der Waals surface area contributed by atoms with Gasteiger partial charge >= 0.3 is 0 Å². The van der Waals surface area contributed by atoms with Gasteiger partial charge in [-0.05, 0) is 31.2 Å². The van der Waals surface area contributed by atoms with Crippen LogP contribution < -0.4 is 10.9 Å². The van der Waals surface area contributed by atoms with E-state index in [4.69, 9.17) is 16.0 Å². The molecule has 0 aliphatic rings. The number of halogens is 1. The van der Waals surface area contributed by atoms with Crippen molar-refractivity contribution in [1.82, 2.24) is 16.0 Å². The van der Waals surface area contributed by atoms with E-state index in [1.807, 2.05) is 43.3 Å². The van der Waals surface area contributed by atoms with E-state index in [2.05, 4.69) is 23.5 Å². The van der Waals surface area contributed by atoms with Crippen LogP contribution in [0.3, 0.4) is 0 Å². The molecule has 2 rings (SSSR count). The molecule has 0 saturated carbocycles. The third-order valence-corrected chi connectivity index (χ3v) is 3.10. The number of furan rings is 1. The van der Waals surface area contributed by atoms with Crippen LogP contribution in [0.1, 0.15) is 12.7 Å². The molecule has 2 aromatic rings. The van der Waals surface area contributed by atoms with Gasteiger partial charge in [-0.15, -0.1) is 0 Å². The van der Waals surface area contributed by atoms with Gasteiger partial charge in [0.2, 0.25) is 0 Å². The Bertz CT molecular complexity index is 618. The third-order valence-electron chi connectivity index (χ3n) is 2.76. The van der Waals surface area contributed by atoms with Crippen molar-refractivity contribution in [3.05, 3.63) is 47.2 Å². The van der Waals surface area contributed by atoms with Crippen molar-refractivity contribution in [1.29, 1.82) is 0 Å². The predicted octanol–water partition coefficient (Wildman–Crippen LogP) is 3.48. The van der Waals surface area contributed by atoms with Crippen LogP contribution in [0.25, 0.3) is 11.3 Å². The fourth-order valence-electron chi connectivity index (χ4n) is 1.79. The first-order valence-corrected chi connectivity index (χ1v) is 7.26. The third kappa shape index (κ3) is 4.78. The van der Waals surface area contributed by atoms with Gasteiger partial charge in [0.25, 0.3) is 5.24 Å². The number of benzene rings is 1. The molecule has 1 heterocycles. The van der Waals surface area contributed by atoms with Crippen molar-refractivity contribution in [2.45, 2.75) is 13.5 Å². The highest BCUT2D eigenvalue weighted by Crippen LogP contribution is 2.24. The number of carbonyl (C=O) groups is 1. The van der Waals surface area contributed by atoms with E-state index in [-0.39, 0.29) is 0 Å². The lowest BCUT2D eigenvalue weighted by Gasteiger charge is -2.20. The zero-order chi connectivity index (χ0) is 15.2. The number of nitrogens with one attached hydrogen (secondary N) is 2. The summed E-state index contributed by atoms with van der Waals surface area (Å²) < 4.78 is 5.74. The molecule has 7 heteroatoms. The molecule has 112 valence electrons. The summed E-state index contributed by atoms with van der Waals surface area (Å²) in [7, 11) is 0. The lowest BCUT2D eigenvalue weighted by molar-refractivity contribution is 0.133. The fourth-order valence-corrected chi connectivity index (χ4v) is 2.10. The standard InChI is InChI=1S/C14H16ClN3O2S/c1-2-18(17-14(19)21)16-9-12-6-7-13(20-12)10-4-3-5-11(15)8-10/h3-8,16H,2,9H2,1H3,(H2,17,19,21). The number of hydrogen-bond acceptors (Lipinski definition) is 4. The van der Waals surface area contributed by atoms with Crippen molar-refractivity contribution < 1.29 is 9.21 Å². The van der Waals surface area contributed by atoms with E-state index in [1.165, 1.54) is 5.12 Å². The lowest BCUT2D eigenvalue weighted by Crippen LogP contribution is -2.48. The van der Waals surface area contributed by atoms with Crippen LogP contribution in [-0.2, 0) is 6.54 Å². The second-order valence-corrected chi connectivity index (χ2v) is 5.12. The van der Waals surface area contributed by atoms with Crippen molar-refractivity contribution >= 4 is 29.5 Å². The minimum atomic E-state index is -0.427. The van der Waals surface area contributed by atoms with Crippen molar-refractivity contribution in [3.63, 3.8) is 0 Å². The zero-order valence-electron chi connectivity index (χ0n) is 11.5. The van der Waals surface area contributed by atoms with Crippen molar-refractivity contribution in [3.8, 4) is 11.3 Å². The monoisotopic (exact) mass is 325 g/mol. The minimum absolute atomic E-state index is 0.427. The van der Waals surface area contributed by atoms with Gasteiger partial charge in [0, 0.05) is 17.1 Å². The van der Waals surface area contributed by atoms with Gasteiger partial charge in [0.05, 0.1) is 6.54 Å². The molecule has 0 aliphatic carbocycles. The molecule has 0 spiro atoms. The van der Waals surface area contributed by atoms with Gasteiger partial charge in [0.1, 0.15) is 11.5 Å². The molecule has 0 aliphatic heterocycles. The van der Waals surface area contributed by atoms with Gasteiger partial charge in [-0.2, -0.15) is 5.12 Å². The Kier molecular flexibility index (Phi) is 5.69. The first-order chi connectivity index (χ1) is 10.1. The van der Waals surface area contributed by atoms with E-state index in [0.29, 0.717) is 18.1 Å². The van der Waals surface area contributed by atoms with E-state index < -0.39 is 5.24 Å². The number of rotatable bonds is 6. The number of carbonyl (C=O) groups excluding carboxylic acids is 1. The maximum absolute atomic E-state index is 10.9. The number of nitrogens with zero attached hydrogens (tertiary/aromatic N) is 1. The first kappa shape index (κ1) is 15.9. The summed E-state index contributed by atoms with van der Waals surface area (Å²) in [5.41, 5.74) is 6.48. The summed E-state index contributed by atoms with van der Waals surface area (Å²) in [6.07, 6.45) is 0. The lowest BCUT2D eigenvalue weighted by atomic mass is 10.2. The van der Waals surface area contributed by atoms with E-state index >= 15 is 0 Å². The number of hydrazine groups is 2. The molecule has 0 fully saturated rings. The Morgan fingerprint density at radius 1 is 1.38 bits per heavy atom.